The van der Waals surface area contributed by atoms with Gasteiger partial charge in [0.1, 0.15) is 0 Å². The predicted molar refractivity (Wildman–Crippen MR) is 65.5 cm³/mol. The van der Waals surface area contributed by atoms with Crippen molar-refractivity contribution >= 4 is 5.69 Å². The minimum absolute atomic E-state index is 0.0280. The summed E-state index contributed by atoms with van der Waals surface area (Å²) in [6.45, 7) is 0.628. The van der Waals surface area contributed by atoms with Crippen LogP contribution in [0.15, 0.2) is 12.1 Å². The predicted octanol–water partition coefficient (Wildman–Crippen LogP) is 3.62. The van der Waals surface area contributed by atoms with Crippen molar-refractivity contribution in [2.75, 3.05) is 11.9 Å². The maximum Gasteiger partial charge on any atom is 0.196 e. The highest BCUT2D eigenvalue weighted by Gasteiger charge is 2.42. The first-order valence-corrected chi connectivity index (χ1v) is 6.64. The molecule has 1 spiro atoms. The van der Waals surface area contributed by atoms with Crippen LogP contribution in [0.25, 0.3) is 0 Å². The lowest BCUT2D eigenvalue weighted by atomic mass is 9.74. The van der Waals surface area contributed by atoms with Crippen molar-refractivity contribution in [1.82, 2.24) is 0 Å². The molecule has 1 aromatic carbocycles. The zero-order valence-corrected chi connectivity index (χ0v) is 10.5. The number of halogens is 3. The zero-order valence-electron chi connectivity index (χ0n) is 10.5. The summed E-state index contributed by atoms with van der Waals surface area (Å²) in [6.07, 6.45) is 4.77. The van der Waals surface area contributed by atoms with Crippen molar-refractivity contribution in [2.45, 2.75) is 43.7 Å². The molecule has 0 amide bonds. The van der Waals surface area contributed by atoms with E-state index in [9.17, 15) is 13.2 Å². The molecule has 1 aromatic rings. The molecule has 2 fully saturated rings. The molecule has 2 nitrogen and oxygen atoms in total. The number of anilines is 1. The van der Waals surface area contributed by atoms with Crippen LogP contribution in [-0.2, 0) is 4.74 Å². The molecule has 3 rings (SSSR count). The van der Waals surface area contributed by atoms with Gasteiger partial charge in [0.15, 0.2) is 17.5 Å². The van der Waals surface area contributed by atoms with Gasteiger partial charge in [-0.15, -0.1) is 0 Å². The van der Waals surface area contributed by atoms with E-state index < -0.39 is 17.5 Å². The molecule has 1 N–H and O–H groups in total. The Labute approximate surface area is 109 Å². The largest absolute Gasteiger partial charge is 0.380 e. The van der Waals surface area contributed by atoms with E-state index in [0.717, 1.165) is 38.2 Å². The lowest BCUT2D eigenvalue weighted by Gasteiger charge is -2.47. The molecule has 1 unspecified atom stereocenters. The van der Waals surface area contributed by atoms with E-state index in [2.05, 4.69) is 5.32 Å². The van der Waals surface area contributed by atoms with Gasteiger partial charge in [-0.05, 0) is 44.2 Å². The minimum atomic E-state index is -1.42. The molecule has 1 heterocycles. The molecule has 1 aliphatic carbocycles. The lowest BCUT2D eigenvalue weighted by molar-refractivity contribution is -0.130. The van der Waals surface area contributed by atoms with E-state index in [1.165, 1.54) is 6.07 Å². The topological polar surface area (TPSA) is 21.3 Å². The highest BCUT2D eigenvalue weighted by atomic mass is 19.2. The second kappa shape index (κ2) is 4.71. The van der Waals surface area contributed by atoms with Crippen molar-refractivity contribution < 1.29 is 17.9 Å². The van der Waals surface area contributed by atoms with Gasteiger partial charge < -0.3 is 10.1 Å². The van der Waals surface area contributed by atoms with Gasteiger partial charge in [-0.3, -0.25) is 0 Å². The number of ether oxygens (including phenoxy) is 1. The summed E-state index contributed by atoms with van der Waals surface area (Å²) in [7, 11) is 0. The molecular weight excluding hydrogens is 255 g/mol. The van der Waals surface area contributed by atoms with E-state index in [1.807, 2.05) is 0 Å². The number of rotatable bonds is 2. The van der Waals surface area contributed by atoms with Crippen LogP contribution < -0.4 is 5.32 Å². The molecule has 0 aromatic heterocycles. The molecule has 0 radical (unpaired) electrons. The standard InChI is InChI=1S/C14H16F3NO/c15-10-2-3-11(13(17)12(10)16)18-9-4-7-19-14(8-9)5-1-6-14/h2-3,9,18H,1,4-8H2. The van der Waals surface area contributed by atoms with E-state index in [-0.39, 0.29) is 17.3 Å². The van der Waals surface area contributed by atoms with Crippen molar-refractivity contribution in [2.24, 2.45) is 0 Å². The van der Waals surface area contributed by atoms with Crippen LogP contribution in [0, 0.1) is 17.5 Å². The Bertz CT molecular complexity index is 488. The molecule has 5 heteroatoms. The van der Waals surface area contributed by atoms with Crippen molar-refractivity contribution in [3.05, 3.63) is 29.6 Å². The average Bonchev–Trinajstić information content (AvgIpc) is 2.38. The third-order valence-electron chi connectivity index (χ3n) is 4.15. The van der Waals surface area contributed by atoms with Crippen LogP contribution in [0.4, 0.5) is 18.9 Å². The summed E-state index contributed by atoms with van der Waals surface area (Å²) >= 11 is 0. The van der Waals surface area contributed by atoms with Crippen LogP contribution in [0.5, 0.6) is 0 Å². The summed E-state index contributed by atoms with van der Waals surface area (Å²) < 4.78 is 45.4. The van der Waals surface area contributed by atoms with Gasteiger partial charge in [0.05, 0.1) is 11.3 Å². The summed E-state index contributed by atoms with van der Waals surface area (Å²) in [5.41, 5.74) is -0.0365. The molecule has 1 aliphatic heterocycles. The average molecular weight is 271 g/mol. The third-order valence-corrected chi connectivity index (χ3v) is 4.15. The maximum absolute atomic E-state index is 13.6. The summed E-state index contributed by atoms with van der Waals surface area (Å²) in [5.74, 6) is -3.73. The smallest absolute Gasteiger partial charge is 0.196 e. The highest BCUT2D eigenvalue weighted by molar-refractivity contribution is 5.46. The van der Waals surface area contributed by atoms with E-state index in [0.29, 0.717) is 6.61 Å². The molecule has 1 saturated carbocycles. The molecule has 2 aliphatic rings. The molecule has 1 atom stereocenters. The SMILES string of the molecule is Fc1ccc(NC2CCOC3(CCC3)C2)c(F)c1F. The Morgan fingerprint density at radius 1 is 1.16 bits per heavy atom. The van der Waals surface area contributed by atoms with Crippen LogP contribution >= 0.6 is 0 Å². The van der Waals surface area contributed by atoms with Gasteiger partial charge in [0, 0.05) is 12.6 Å². The first-order chi connectivity index (χ1) is 9.10. The molecular formula is C14H16F3NO. The molecule has 19 heavy (non-hydrogen) atoms. The zero-order chi connectivity index (χ0) is 13.5. The van der Waals surface area contributed by atoms with Gasteiger partial charge in [0.2, 0.25) is 0 Å². The number of nitrogens with one attached hydrogen (secondary N) is 1. The molecule has 0 bridgehead atoms. The first kappa shape index (κ1) is 12.8. The van der Waals surface area contributed by atoms with E-state index >= 15 is 0 Å². The Morgan fingerprint density at radius 2 is 1.95 bits per heavy atom. The van der Waals surface area contributed by atoms with Gasteiger partial charge >= 0.3 is 0 Å². The van der Waals surface area contributed by atoms with Gasteiger partial charge in [-0.2, -0.15) is 0 Å². The fraction of sp³-hybridized carbons (Fsp3) is 0.571. The van der Waals surface area contributed by atoms with Crippen LogP contribution in [0.2, 0.25) is 0 Å². The maximum atomic E-state index is 13.6. The summed E-state index contributed by atoms with van der Waals surface area (Å²) in [4.78, 5) is 0. The second-order valence-electron chi connectivity index (χ2n) is 5.44. The first-order valence-electron chi connectivity index (χ1n) is 6.64. The van der Waals surface area contributed by atoms with Gasteiger partial charge in [-0.1, -0.05) is 0 Å². The Balaban J connectivity index is 1.73. The van der Waals surface area contributed by atoms with Crippen LogP contribution in [0.3, 0.4) is 0 Å². The van der Waals surface area contributed by atoms with Crippen molar-refractivity contribution in [3.8, 4) is 0 Å². The minimum Gasteiger partial charge on any atom is -0.380 e. The fourth-order valence-corrected chi connectivity index (χ4v) is 2.93. The van der Waals surface area contributed by atoms with Crippen molar-refractivity contribution in [3.63, 3.8) is 0 Å². The molecule has 104 valence electrons. The number of hydrogen-bond acceptors (Lipinski definition) is 2. The van der Waals surface area contributed by atoms with E-state index in [4.69, 9.17) is 4.74 Å². The second-order valence-corrected chi connectivity index (χ2v) is 5.44. The number of benzene rings is 1. The van der Waals surface area contributed by atoms with E-state index in [1.54, 1.807) is 0 Å². The number of hydrogen-bond donors (Lipinski definition) is 1. The lowest BCUT2D eigenvalue weighted by Crippen LogP contribution is -2.49. The quantitative estimate of drug-likeness (QED) is 0.829. The fourth-order valence-electron chi connectivity index (χ4n) is 2.93. The Hall–Kier alpha value is -1.23. The monoisotopic (exact) mass is 271 g/mol. The van der Waals surface area contributed by atoms with Crippen LogP contribution in [-0.4, -0.2) is 18.2 Å². The molecule has 1 saturated heterocycles. The van der Waals surface area contributed by atoms with Gasteiger partial charge in [0.25, 0.3) is 0 Å². The van der Waals surface area contributed by atoms with Gasteiger partial charge in [-0.25, -0.2) is 13.2 Å². The van der Waals surface area contributed by atoms with Crippen molar-refractivity contribution in [1.29, 1.82) is 0 Å². The Kier molecular flexibility index (Phi) is 3.17. The highest BCUT2D eigenvalue weighted by Crippen LogP contribution is 2.43. The van der Waals surface area contributed by atoms with Crippen LogP contribution in [0.1, 0.15) is 32.1 Å². The third kappa shape index (κ3) is 2.31. The summed E-state index contributed by atoms with van der Waals surface area (Å²) in [5, 5.41) is 2.98. The Morgan fingerprint density at radius 3 is 2.63 bits per heavy atom. The normalized spacial score (nSPS) is 25.1. The summed E-state index contributed by atoms with van der Waals surface area (Å²) in [6, 6.07) is 2.24.